The minimum atomic E-state index is -1.18. The summed E-state index contributed by atoms with van der Waals surface area (Å²) in [6.07, 6.45) is -2.97. The van der Waals surface area contributed by atoms with Crippen molar-refractivity contribution >= 4 is 11.8 Å². The molecular weight excluding hydrogens is 404 g/mol. The summed E-state index contributed by atoms with van der Waals surface area (Å²) in [7, 11) is 0. The number of benzene rings is 3. The van der Waals surface area contributed by atoms with Crippen LogP contribution in [0.1, 0.15) is 39.8 Å². The third kappa shape index (κ3) is 4.07. The number of nitrogens with two attached hydrogens (primary N) is 1. The molecule has 2 atom stereocenters. The minimum Gasteiger partial charge on any atom is -0.449 e. The second-order valence-electron chi connectivity index (χ2n) is 8.21. The number of aliphatic hydroxyl groups is 2. The number of alkyl carbamates (subject to hydrolysis) is 1. The van der Waals surface area contributed by atoms with E-state index in [1.165, 1.54) is 0 Å². The molecule has 1 amide bonds. The van der Waals surface area contributed by atoms with Crippen molar-refractivity contribution in [3.05, 3.63) is 88.5 Å². The first-order valence-corrected chi connectivity index (χ1v) is 10.7. The minimum absolute atomic E-state index is 0.0379. The van der Waals surface area contributed by atoms with Gasteiger partial charge in [0.15, 0.2) is 0 Å². The lowest BCUT2D eigenvalue weighted by Gasteiger charge is -2.22. The first-order chi connectivity index (χ1) is 15.4. The largest absolute Gasteiger partial charge is 0.449 e. The number of nitrogens with one attached hydrogen (secondary N) is 1. The van der Waals surface area contributed by atoms with Crippen LogP contribution in [0.15, 0.2) is 60.7 Å². The van der Waals surface area contributed by atoms with Crippen LogP contribution in [0.2, 0.25) is 0 Å². The Hall–Kier alpha value is -3.35. The fourth-order valence-electron chi connectivity index (χ4n) is 4.34. The van der Waals surface area contributed by atoms with Crippen LogP contribution in [-0.4, -0.2) is 35.6 Å². The second kappa shape index (κ2) is 9.02. The molecule has 4 rings (SSSR count). The summed E-state index contributed by atoms with van der Waals surface area (Å²) in [5.41, 5.74) is 13.4. The second-order valence-corrected chi connectivity index (χ2v) is 8.21. The Balaban J connectivity index is 1.36. The van der Waals surface area contributed by atoms with Crippen LogP contribution in [0.4, 0.5) is 10.5 Å². The number of anilines is 1. The van der Waals surface area contributed by atoms with E-state index in [4.69, 9.17) is 10.5 Å². The van der Waals surface area contributed by atoms with Crippen molar-refractivity contribution < 1.29 is 19.7 Å². The van der Waals surface area contributed by atoms with Crippen LogP contribution in [0.5, 0.6) is 0 Å². The fraction of sp³-hybridized carbons (Fsp3) is 0.269. The van der Waals surface area contributed by atoms with Gasteiger partial charge in [-0.15, -0.1) is 0 Å². The van der Waals surface area contributed by atoms with Gasteiger partial charge in [-0.05, 0) is 58.9 Å². The van der Waals surface area contributed by atoms with E-state index in [2.05, 4.69) is 29.6 Å². The summed E-state index contributed by atoms with van der Waals surface area (Å²) in [6.45, 7) is 3.76. The molecule has 0 aromatic heterocycles. The molecule has 2 unspecified atom stereocenters. The molecule has 0 saturated carbocycles. The van der Waals surface area contributed by atoms with E-state index in [9.17, 15) is 15.0 Å². The van der Waals surface area contributed by atoms with Gasteiger partial charge >= 0.3 is 6.09 Å². The summed E-state index contributed by atoms with van der Waals surface area (Å²) in [5, 5.41) is 23.5. The monoisotopic (exact) mass is 432 g/mol. The molecule has 0 saturated heterocycles. The van der Waals surface area contributed by atoms with E-state index in [1.54, 1.807) is 12.1 Å². The summed E-state index contributed by atoms with van der Waals surface area (Å²) in [6, 6.07) is 19.6. The average Bonchev–Trinajstić information content (AvgIpc) is 3.13. The van der Waals surface area contributed by atoms with E-state index in [0.717, 1.165) is 33.4 Å². The first kappa shape index (κ1) is 21.9. The molecule has 0 spiro atoms. The van der Waals surface area contributed by atoms with Gasteiger partial charge in [0.2, 0.25) is 0 Å². The zero-order valence-electron chi connectivity index (χ0n) is 18.2. The number of nitrogen functional groups attached to an aromatic ring is 1. The third-order valence-electron chi connectivity index (χ3n) is 6.35. The third-order valence-corrected chi connectivity index (χ3v) is 6.35. The molecule has 5 N–H and O–H groups in total. The topological polar surface area (TPSA) is 105 Å². The molecule has 6 nitrogen and oxygen atoms in total. The first-order valence-electron chi connectivity index (χ1n) is 10.7. The Morgan fingerprint density at radius 2 is 1.56 bits per heavy atom. The maximum Gasteiger partial charge on any atom is 0.407 e. The number of hydrogen-bond acceptors (Lipinski definition) is 5. The normalized spacial score (nSPS) is 14.4. The molecular formula is C26H28N2O4. The van der Waals surface area contributed by atoms with Crippen molar-refractivity contribution in [1.29, 1.82) is 0 Å². The quantitative estimate of drug-likeness (QED) is 0.443. The molecule has 32 heavy (non-hydrogen) atoms. The molecule has 3 aromatic carbocycles. The van der Waals surface area contributed by atoms with E-state index >= 15 is 0 Å². The van der Waals surface area contributed by atoms with Crippen molar-refractivity contribution in [2.24, 2.45) is 0 Å². The van der Waals surface area contributed by atoms with Crippen LogP contribution >= 0.6 is 0 Å². The van der Waals surface area contributed by atoms with E-state index in [0.29, 0.717) is 11.3 Å². The average molecular weight is 433 g/mol. The van der Waals surface area contributed by atoms with Crippen molar-refractivity contribution in [3.8, 4) is 11.1 Å². The van der Waals surface area contributed by atoms with Crippen LogP contribution in [0, 0.1) is 13.8 Å². The number of fused-ring (bicyclic) bond motifs is 3. The lowest BCUT2D eigenvalue weighted by molar-refractivity contribution is 0.0182. The summed E-state index contributed by atoms with van der Waals surface area (Å²) >= 11 is 0. The Kier molecular flexibility index (Phi) is 6.17. The standard InChI is InChI=1S/C26H28N2O4/c1-15-16(2)23(27)12-11-17(15)25(30)24(29)13-28-26(31)32-14-22-20-9-5-3-7-18(20)19-8-4-6-10-21(19)22/h3-12,22,24-25,29-30H,13-14,27H2,1-2H3,(H,28,31). The lowest BCUT2D eigenvalue weighted by atomic mass is 9.95. The Morgan fingerprint density at radius 3 is 2.19 bits per heavy atom. The van der Waals surface area contributed by atoms with Crippen LogP contribution in [-0.2, 0) is 4.74 Å². The molecule has 0 radical (unpaired) electrons. The van der Waals surface area contributed by atoms with E-state index < -0.39 is 18.3 Å². The lowest BCUT2D eigenvalue weighted by Crippen LogP contribution is -2.36. The fourth-order valence-corrected chi connectivity index (χ4v) is 4.34. The van der Waals surface area contributed by atoms with Gasteiger partial charge in [-0.3, -0.25) is 0 Å². The number of carbonyl (C=O) groups excluding carboxylic acids is 1. The molecule has 3 aromatic rings. The number of carbonyl (C=O) groups is 1. The molecule has 1 aliphatic carbocycles. The highest BCUT2D eigenvalue weighted by atomic mass is 16.5. The van der Waals surface area contributed by atoms with Gasteiger partial charge < -0.3 is 26.0 Å². The number of amides is 1. The van der Waals surface area contributed by atoms with Crippen molar-refractivity contribution in [2.45, 2.75) is 32.0 Å². The molecule has 1 aliphatic rings. The Labute approximate surface area is 187 Å². The number of rotatable bonds is 6. The SMILES string of the molecule is Cc1c(N)ccc(C(O)C(O)CNC(=O)OCC2c3ccccc3-c3ccccc32)c1C. The summed E-state index contributed by atoms with van der Waals surface area (Å²) < 4.78 is 5.47. The van der Waals surface area contributed by atoms with E-state index in [-0.39, 0.29) is 19.1 Å². The van der Waals surface area contributed by atoms with Crippen molar-refractivity contribution in [1.82, 2.24) is 5.32 Å². The highest BCUT2D eigenvalue weighted by Crippen LogP contribution is 2.44. The molecule has 0 fully saturated rings. The Bertz CT molecular complexity index is 1100. The predicted molar refractivity (Wildman–Crippen MR) is 124 cm³/mol. The highest BCUT2D eigenvalue weighted by molar-refractivity contribution is 5.79. The van der Waals surface area contributed by atoms with Gasteiger partial charge in [-0.25, -0.2) is 4.79 Å². The van der Waals surface area contributed by atoms with Gasteiger partial charge in [0, 0.05) is 18.2 Å². The van der Waals surface area contributed by atoms with Gasteiger partial charge in [0.25, 0.3) is 0 Å². The maximum absolute atomic E-state index is 12.3. The van der Waals surface area contributed by atoms with Crippen molar-refractivity contribution in [2.75, 3.05) is 18.9 Å². The van der Waals surface area contributed by atoms with Crippen LogP contribution in [0.3, 0.4) is 0 Å². The molecule has 6 heteroatoms. The predicted octanol–water partition coefficient (Wildman–Crippen LogP) is 3.82. The smallest absolute Gasteiger partial charge is 0.407 e. The number of hydrogen-bond donors (Lipinski definition) is 4. The summed E-state index contributed by atoms with van der Waals surface area (Å²) in [5.74, 6) is -0.0379. The van der Waals surface area contributed by atoms with Crippen LogP contribution < -0.4 is 11.1 Å². The number of aliphatic hydroxyl groups excluding tert-OH is 2. The zero-order chi connectivity index (χ0) is 22.8. The van der Waals surface area contributed by atoms with Gasteiger partial charge in [0.1, 0.15) is 18.8 Å². The molecule has 0 aliphatic heterocycles. The van der Waals surface area contributed by atoms with Gasteiger partial charge in [-0.2, -0.15) is 0 Å². The summed E-state index contributed by atoms with van der Waals surface area (Å²) in [4.78, 5) is 12.3. The maximum atomic E-state index is 12.3. The molecule has 0 bridgehead atoms. The van der Waals surface area contributed by atoms with Crippen LogP contribution in [0.25, 0.3) is 11.1 Å². The Morgan fingerprint density at radius 1 is 0.969 bits per heavy atom. The van der Waals surface area contributed by atoms with Gasteiger partial charge in [0.05, 0.1) is 0 Å². The number of ether oxygens (including phenoxy) is 1. The van der Waals surface area contributed by atoms with E-state index in [1.807, 2.05) is 38.1 Å². The highest BCUT2D eigenvalue weighted by Gasteiger charge is 2.29. The molecule has 0 heterocycles. The molecule has 166 valence electrons. The van der Waals surface area contributed by atoms with Gasteiger partial charge in [-0.1, -0.05) is 54.6 Å². The zero-order valence-corrected chi connectivity index (χ0v) is 18.2. The van der Waals surface area contributed by atoms with Crippen molar-refractivity contribution in [3.63, 3.8) is 0 Å².